The summed E-state index contributed by atoms with van der Waals surface area (Å²) in [6, 6.07) is 15.9. The lowest BCUT2D eigenvalue weighted by Gasteiger charge is -2.03. The molecule has 0 unspecified atom stereocenters. The largest absolute Gasteiger partial charge is 0.352 e. The molecule has 4 rings (SSSR count). The molecule has 2 aromatic carbocycles. The highest BCUT2D eigenvalue weighted by molar-refractivity contribution is 7.14. The summed E-state index contributed by atoms with van der Waals surface area (Å²) in [5.74, 6) is -0.337. The van der Waals surface area contributed by atoms with E-state index in [1.165, 1.54) is 35.2 Å². The third kappa shape index (κ3) is 5.22. The number of rotatable bonds is 6. The summed E-state index contributed by atoms with van der Waals surface area (Å²) in [5, 5.41) is 10.6. The van der Waals surface area contributed by atoms with Gasteiger partial charge >= 0.3 is 0 Å². The van der Waals surface area contributed by atoms with Gasteiger partial charge in [0.1, 0.15) is 10.7 Å². The molecule has 0 saturated carbocycles. The van der Waals surface area contributed by atoms with Gasteiger partial charge in [-0.25, -0.2) is 9.97 Å². The lowest BCUT2D eigenvalue weighted by atomic mass is 10.1. The molecule has 0 aliphatic carbocycles. The van der Waals surface area contributed by atoms with E-state index in [1.54, 1.807) is 5.38 Å². The molecule has 0 aliphatic heterocycles. The van der Waals surface area contributed by atoms with Crippen LogP contribution in [0.15, 0.2) is 59.3 Å². The maximum absolute atomic E-state index is 12.6. The Morgan fingerprint density at radius 2 is 1.61 bits per heavy atom. The summed E-state index contributed by atoms with van der Waals surface area (Å²) in [6.07, 6.45) is 0. The second kappa shape index (κ2) is 9.20. The van der Waals surface area contributed by atoms with Crippen LogP contribution >= 0.6 is 22.7 Å². The van der Waals surface area contributed by atoms with Crippen LogP contribution < -0.4 is 10.6 Å². The number of nitrogens with one attached hydrogen (secondary N) is 2. The summed E-state index contributed by atoms with van der Waals surface area (Å²) in [6.45, 7) is 4.02. The predicted molar refractivity (Wildman–Crippen MR) is 125 cm³/mol. The van der Waals surface area contributed by atoms with E-state index in [4.69, 9.17) is 0 Å². The number of carbonyl (C=O) groups is 2. The molecule has 0 aliphatic rings. The molecular formula is C23H20N4O2S2. The average molecular weight is 449 g/mol. The van der Waals surface area contributed by atoms with Crippen molar-refractivity contribution in [3.63, 3.8) is 0 Å². The van der Waals surface area contributed by atoms with Crippen LogP contribution in [-0.2, 0) is 11.3 Å². The summed E-state index contributed by atoms with van der Waals surface area (Å²) < 4.78 is 0. The van der Waals surface area contributed by atoms with Crippen LogP contribution in [0.25, 0.3) is 21.8 Å². The third-order valence-electron chi connectivity index (χ3n) is 4.55. The van der Waals surface area contributed by atoms with Gasteiger partial charge in [-0.05, 0) is 12.5 Å². The highest BCUT2D eigenvalue weighted by Gasteiger charge is 2.14. The number of hydrogen-bond donors (Lipinski definition) is 2. The summed E-state index contributed by atoms with van der Waals surface area (Å²) in [4.78, 5) is 32.6. The Bertz CT molecular complexity index is 1210. The van der Waals surface area contributed by atoms with Crippen LogP contribution in [0, 0.1) is 6.92 Å². The predicted octanol–water partition coefficient (Wildman–Crippen LogP) is 5.13. The van der Waals surface area contributed by atoms with Crippen molar-refractivity contribution in [3.8, 4) is 21.8 Å². The fourth-order valence-electron chi connectivity index (χ4n) is 2.85. The molecule has 8 heteroatoms. The number of aromatic nitrogens is 2. The topological polar surface area (TPSA) is 84.0 Å². The van der Waals surface area contributed by atoms with E-state index in [-0.39, 0.29) is 11.8 Å². The summed E-state index contributed by atoms with van der Waals surface area (Å²) in [5.41, 5.74) is 5.28. The number of nitrogens with zero attached hydrogens (tertiary/aromatic N) is 2. The molecule has 2 heterocycles. The Morgan fingerprint density at radius 3 is 2.32 bits per heavy atom. The van der Waals surface area contributed by atoms with Crippen molar-refractivity contribution >= 4 is 39.6 Å². The van der Waals surface area contributed by atoms with Crippen molar-refractivity contribution in [3.05, 3.63) is 76.1 Å². The quantitative estimate of drug-likeness (QED) is 0.428. The van der Waals surface area contributed by atoms with Gasteiger partial charge in [0, 0.05) is 35.4 Å². The Balaban J connectivity index is 1.41. The Morgan fingerprint density at radius 1 is 0.903 bits per heavy atom. The first kappa shape index (κ1) is 20.9. The van der Waals surface area contributed by atoms with Crippen molar-refractivity contribution < 1.29 is 9.59 Å². The molecule has 2 aromatic heterocycles. The molecule has 0 atom stereocenters. The van der Waals surface area contributed by atoms with Crippen LogP contribution in [0.3, 0.4) is 0 Å². The van der Waals surface area contributed by atoms with Crippen molar-refractivity contribution in [1.82, 2.24) is 15.3 Å². The number of carbonyl (C=O) groups excluding carboxylic acids is 2. The van der Waals surface area contributed by atoms with E-state index in [1.807, 2.05) is 60.8 Å². The van der Waals surface area contributed by atoms with E-state index in [9.17, 15) is 9.59 Å². The van der Waals surface area contributed by atoms with Gasteiger partial charge in [-0.3, -0.25) is 14.9 Å². The lowest BCUT2D eigenvalue weighted by molar-refractivity contribution is -0.119. The number of benzene rings is 2. The van der Waals surface area contributed by atoms with Gasteiger partial charge in [0.05, 0.1) is 5.69 Å². The monoisotopic (exact) mass is 448 g/mol. The van der Waals surface area contributed by atoms with E-state index in [2.05, 4.69) is 20.6 Å². The molecule has 31 heavy (non-hydrogen) atoms. The third-order valence-corrected chi connectivity index (χ3v) is 6.20. The van der Waals surface area contributed by atoms with Crippen molar-refractivity contribution in [2.45, 2.75) is 20.4 Å². The molecule has 2 amide bonds. The first-order valence-electron chi connectivity index (χ1n) is 9.61. The minimum Gasteiger partial charge on any atom is -0.352 e. The number of anilines is 1. The maximum Gasteiger partial charge on any atom is 0.276 e. The van der Waals surface area contributed by atoms with Gasteiger partial charge in [-0.1, -0.05) is 54.1 Å². The van der Waals surface area contributed by atoms with Crippen LogP contribution in [0.2, 0.25) is 0 Å². The standard InChI is InChI=1S/C23H20N4O2S2/c1-14-3-7-18(8-4-14)22-25-20(13-30-22)21(29)27-23-26-19(12-31-23)17-9-5-16(6-10-17)11-24-15(2)28/h3-10,12-13H,11H2,1-2H3,(H,24,28)(H,26,27,29). The maximum atomic E-state index is 12.6. The molecule has 0 saturated heterocycles. The fraction of sp³-hybridized carbons (Fsp3) is 0.130. The molecule has 0 fully saturated rings. The van der Waals surface area contributed by atoms with E-state index in [0.717, 1.165) is 27.4 Å². The first-order valence-corrected chi connectivity index (χ1v) is 11.4. The number of hydrogen-bond acceptors (Lipinski definition) is 6. The van der Waals surface area contributed by atoms with Crippen molar-refractivity contribution in [1.29, 1.82) is 0 Å². The molecule has 4 aromatic rings. The van der Waals surface area contributed by atoms with Crippen molar-refractivity contribution in [2.75, 3.05) is 5.32 Å². The number of thiazole rings is 2. The molecule has 0 bridgehead atoms. The van der Waals surface area contributed by atoms with Gasteiger partial charge in [-0.15, -0.1) is 22.7 Å². The minimum atomic E-state index is -0.277. The highest BCUT2D eigenvalue weighted by atomic mass is 32.1. The molecule has 0 spiro atoms. The zero-order valence-electron chi connectivity index (χ0n) is 17.0. The Labute approximate surface area is 188 Å². The number of amides is 2. The van der Waals surface area contributed by atoms with Crippen LogP contribution in [0.4, 0.5) is 5.13 Å². The summed E-state index contributed by atoms with van der Waals surface area (Å²) >= 11 is 2.81. The Kier molecular flexibility index (Phi) is 6.20. The van der Waals surface area contributed by atoms with Gasteiger partial charge in [0.15, 0.2) is 5.13 Å². The second-order valence-corrected chi connectivity index (χ2v) is 8.72. The van der Waals surface area contributed by atoms with E-state index >= 15 is 0 Å². The fourth-order valence-corrected chi connectivity index (χ4v) is 4.37. The highest BCUT2D eigenvalue weighted by Crippen LogP contribution is 2.27. The van der Waals surface area contributed by atoms with Gasteiger partial charge in [0.25, 0.3) is 5.91 Å². The first-order chi connectivity index (χ1) is 15.0. The number of aryl methyl sites for hydroxylation is 1. The normalized spacial score (nSPS) is 10.6. The minimum absolute atomic E-state index is 0.0601. The van der Waals surface area contributed by atoms with E-state index in [0.29, 0.717) is 17.4 Å². The summed E-state index contributed by atoms with van der Waals surface area (Å²) in [7, 11) is 0. The zero-order chi connectivity index (χ0) is 21.8. The Hall–Kier alpha value is -3.36. The smallest absolute Gasteiger partial charge is 0.276 e. The lowest BCUT2D eigenvalue weighted by Crippen LogP contribution is -2.18. The SMILES string of the molecule is CC(=O)NCc1ccc(-c2csc(NC(=O)c3csc(-c4ccc(C)cc4)n3)n2)cc1. The van der Waals surface area contributed by atoms with Crippen LogP contribution in [0.5, 0.6) is 0 Å². The molecule has 0 radical (unpaired) electrons. The van der Waals surface area contributed by atoms with Crippen LogP contribution in [-0.4, -0.2) is 21.8 Å². The molecule has 156 valence electrons. The van der Waals surface area contributed by atoms with Gasteiger partial charge in [0.2, 0.25) is 5.91 Å². The van der Waals surface area contributed by atoms with E-state index < -0.39 is 0 Å². The molecule has 2 N–H and O–H groups in total. The average Bonchev–Trinajstić information content (AvgIpc) is 3.43. The molecule has 6 nitrogen and oxygen atoms in total. The van der Waals surface area contributed by atoms with Gasteiger partial charge in [-0.2, -0.15) is 0 Å². The second-order valence-electron chi connectivity index (χ2n) is 7.00. The van der Waals surface area contributed by atoms with Crippen molar-refractivity contribution in [2.24, 2.45) is 0 Å². The van der Waals surface area contributed by atoms with Gasteiger partial charge < -0.3 is 5.32 Å². The zero-order valence-corrected chi connectivity index (χ0v) is 18.6. The molecular weight excluding hydrogens is 428 g/mol. The van der Waals surface area contributed by atoms with Crippen LogP contribution in [0.1, 0.15) is 28.5 Å².